The maximum atomic E-state index is 12.1. The van der Waals surface area contributed by atoms with Crippen molar-refractivity contribution in [2.75, 3.05) is 11.4 Å². The molecular weight excluding hydrogens is 252 g/mol. The number of benzene rings is 1. The van der Waals surface area contributed by atoms with Crippen LogP contribution in [0.1, 0.15) is 12.7 Å². The Hall–Kier alpha value is -1.88. The molecule has 5 nitrogen and oxygen atoms in total. The van der Waals surface area contributed by atoms with E-state index in [2.05, 4.69) is 15.2 Å². The molecule has 2 rings (SSSR count). The van der Waals surface area contributed by atoms with Gasteiger partial charge in [0.1, 0.15) is 12.2 Å². The minimum absolute atomic E-state index is 0.0310. The van der Waals surface area contributed by atoms with E-state index in [-0.39, 0.29) is 12.3 Å². The summed E-state index contributed by atoms with van der Waals surface area (Å²) in [4.78, 5) is 17.8. The fourth-order valence-corrected chi connectivity index (χ4v) is 1.80. The van der Waals surface area contributed by atoms with Gasteiger partial charge >= 0.3 is 0 Å². The van der Waals surface area contributed by atoms with Gasteiger partial charge in [-0.25, -0.2) is 4.98 Å². The lowest BCUT2D eigenvalue weighted by Crippen LogP contribution is -2.32. The highest BCUT2D eigenvalue weighted by atomic mass is 35.5. The zero-order valence-electron chi connectivity index (χ0n) is 9.93. The summed E-state index contributed by atoms with van der Waals surface area (Å²) in [7, 11) is 0. The van der Waals surface area contributed by atoms with Crippen LogP contribution in [-0.4, -0.2) is 27.6 Å². The molecule has 1 aromatic heterocycles. The molecule has 0 bridgehead atoms. The molecule has 0 fully saturated rings. The molecule has 1 aromatic carbocycles. The van der Waals surface area contributed by atoms with Crippen LogP contribution >= 0.6 is 11.6 Å². The largest absolute Gasteiger partial charge is 0.312 e. The highest BCUT2D eigenvalue weighted by Gasteiger charge is 2.15. The first-order chi connectivity index (χ1) is 8.70. The average Bonchev–Trinajstić information content (AvgIpc) is 2.85. The smallest absolute Gasteiger partial charge is 0.234 e. The summed E-state index contributed by atoms with van der Waals surface area (Å²) in [6.07, 6.45) is 1.59. The summed E-state index contributed by atoms with van der Waals surface area (Å²) in [6.45, 7) is 2.52. The zero-order valence-corrected chi connectivity index (χ0v) is 10.7. The maximum Gasteiger partial charge on any atom is 0.234 e. The predicted octanol–water partition coefficient (Wildman–Crippen LogP) is 2.05. The molecule has 0 saturated carbocycles. The number of carbonyl (C=O) groups excluding carboxylic acids is 1. The van der Waals surface area contributed by atoms with Gasteiger partial charge < -0.3 is 4.90 Å². The van der Waals surface area contributed by atoms with Crippen molar-refractivity contribution < 1.29 is 4.79 Å². The van der Waals surface area contributed by atoms with Crippen LogP contribution in [-0.2, 0) is 11.2 Å². The molecule has 0 aliphatic rings. The van der Waals surface area contributed by atoms with Crippen molar-refractivity contribution in [2.24, 2.45) is 0 Å². The Morgan fingerprint density at radius 2 is 2.11 bits per heavy atom. The van der Waals surface area contributed by atoms with Gasteiger partial charge in [0.05, 0.1) is 6.42 Å². The Bertz CT molecular complexity index is 509. The van der Waals surface area contributed by atoms with Gasteiger partial charge in [-0.05, 0) is 31.2 Å². The second-order valence-electron chi connectivity index (χ2n) is 3.72. The van der Waals surface area contributed by atoms with Crippen molar-refractivity contribution in [2.45, 2.75) is 13.3 Å². The van der Waals surface area contributed by atoms with Crippen LogP contribution in [0.5, 0.6) is 0 Å². The first kappa shape index (κ1) is 12.6. The molecule has 1 amide bonds. The Morgan fingerprint density at radius 3 is 2.67 bits per heavy atom. The summed E-state index contributed by atoms with van der Waals surface area (Å²) < 4.78 is 0. The Balaban J connectivity index is 2.13. The van der Waals surface area contributed by atoms with E-state index in [0.717, 1.165) is 5.69 Å². The van der Waals surface area contributed by atoms with Crippen molar-refractivity contribution in [1.82, 2.24) is 15.2 Å². The van der Waals surface area contributed by atoms with Crippen molar-refractivity contribution in [3.63, 3.8) is 0 Å². The predicted molar refractivity (Wildman–Crippen MR) is 69.6 cm³/mol. The number of hydrogen-bond acceptors (Lipinski definition) is 3. The van der Waals surface area contributed by atoms with E-state index >= 15 is 0 Å². The van der Waals surface area contributed by atoms with Crippen molar-refractivity contribution in [3.8, 4) is 0 Å². The third-order valence-electron chi connectivity index (χ3n) is 2.54. The first-order valence-corrected chi connectivity index (χ1v) is 5.98. The number of likely N-dealkylation sites (N-methyl/N-ethyl adjacent to an activating group) is 1. The number of rotatable bonds is 4. The number of aromatic amines is 1. The van der Waals surface area contributed by atoms with Gasteiger partial charge in [-0.3, -0.25) is 9.89 Å². The van der Waals surface area contributed by atoms with Crippen molar-refractivity contribution in [1.29, 1.82) is 0 Å². The average molecular weight is 265 g/mol. The molecule has 0 unspecified atom stereocenters. The van der Waals surface area contributed by atoms with E-state index in [4.69, 9.17) is 11.6 Å². The standard InChI is InChI=1S/C12H13ClN4O/c1-2-17(10-5-3-9(13)4-6-10)12(18)7-11-14-8-15-16-11/h3-6,8H,2,7H2,1H3,(H,14,15,16). The van der Waals surface area contributed by atoms with E-state index in [0.29, 0.717) is 17.4 Å². The molecule has 0 atom stereocenters. The van der Waals surface area contributed by atoms with Crippen LogP contribution in [0.3, 0.4) is 0 Å². The highest BCUT2D eigenvalue weighted by molar-refractivity contribution is 6.30. The maximum absolute atomic E-state index is 12.1. The summed E-state index contributed by atoms with van der Waals surface area (Å²) >= 11 is 5.83. The number of halogens is 1. The SMILES string of the molecule is CCN(C(=O)Cc1ncn[nH]1)c1ccc(Cl)cc1. The van der Waals surface area contributed by atoms with Crippen molar-refractivity contribution >= 4 is 23.2 Å². The number of amides is 1. The molecule has 1 N–H and O–H groups in total. The summed E-state index contributed by atoms with van der Waals surface area (Å²) in [5.41, 5.74) is 0.825. The molecule has 0 aliphatic heterocycles. The van der Waals surface area contributed by atoms with E-state index in [1.807, 2.05) is 19.1 Å². The van der Waals surface area contributed by atoms with Crippen LogP contribution < -0.4 is 4.90 Å². The van der Waals surface area contributed by atoms with E-state index in [9.17, 15) is 4.79 Å². The van der Waals surface area contributed by atoms with E-state index in [1.165, 1.54) is 6.33 Å². The van der Waals surface area contributed by atoms with Crippen LogP contribution in [0.25, 0.3) is 0 Å². The molecule has 0 saturated heterocycles. The van der Waals surface area contributed by atoms with Crippen LogP contribution in [0.4, 0.5) is 5.69 Å². The van der Waals surface area contributed by atoms with Gasteiger partial charge in [0, 0.05) is 17.3 Å². The van der Waals surface area contributed by atoms with Crippen molar-refractivity contribution in [3.05, 3.63) is 41.4 Å². The summed E-state index contributed by atoms with van der Waals surface area (Å²) in [6, 6.07) is 7.18. The minimum atomic E-state index is -0.0310. The summed E-state index contributed by atoms with van der Waals surface area (Å²) in [5.74, 6) is 0.531. The molecular formula is C12H13ClN4O. The van der Waals surface area contributed by atoms with Gasteiger partial charge in [0.2, 0.25) is 5.91 Å². The van der Waals surface area contributed by atoms with Crippen LogP contribution in [0.15, 0.2) is 30.6 Å². The number of H-pyrrole nitrogens is 1. The highest BCUT2D eigenvalue weighted by Crippen LogP contribution is 2.18. The topological polar surface area (TPSA) is 61.9 Å². The van der Waals surface area contributed by atoms with Crippen LogP contribution in [0, 0.1) is 0 Å². The third kappa shape index (κ3) is 2.87. The number of aromatic nitrogens is 3. The van der Waals surface area contributed by atoms with Gasteiger partial charge in [-0.15, -0.1) is 0 Å². The van der Waals surface area contributed by atoms with E-state index in [1.54, 1.807) is 17.0 Å². The second-order valence-corrected chi connectivity index (χ2v) is 4.16. The Labute approximate surface area is 110 Å². The van der Waals surface area contributed by atoms with Crippen LogP contribution in [0.2, 0.25) is 5.02 Å². The molecule has 0 spiro atoms. The number of hydrogen-bond donors (Lipinski definition) is 1. The molecule has 0 radical (unpaired) electrons. The van der Waals surface area contributed by atoms with Gasteiger partial charge in [0.15, 0.2) is 0 Å². The van der Waals surface area contributed by atoms with Gasteiger partial charge in [-0.1, -0.05) is 11.6 Å². The lowest BCUT2D eigenvalue weighted by molar-refractivity contribution is -0.118. The molecule has 1 heterocycles. The first-order valence-electron chi connectivity index (χ1n) is 5.61. The number of carbonyl (C=O) groups is 1. The quantitative estimate of drug-likeness (QED) is 0.919. The number of anilines is 1. The molecule has 6 heteroatoms. The fourth-order valence-electron chi connectivity index (χ4n) is 1.68. The lowest BCUT2D eigenvalue weighted by Gasteiger charge is -2.20. The normalized spacial score (nSPS) is 10.3. The molecule has 18 heavy (non-hydrogen) atoms. The Morgan fingerprint density at radius 1 is 1.39 bits per heavy atom. The molecule has 94 valence electrons. The number of nitrogens with one attached hydrogen (secondary N) is 1. The minimum Gasteiger partial charge on any atom is -0.312 e. The third-order valence-corrected chi connectivity index (χ3v) is 2.79. The van der Waals surface area contributed by atoms with E-state index < -0.39 is 0 Å². The molecule has 0 aliphatic carbocycles. The lowest BCUT2D eigenvalue weighted by atomic mass is 10.2. The Kier molecular flexibility index (Phi) is 3.94. The number of nitrogens with zero attached hydrogens (tertiary/aromatic N) is 3. The zero-order chi connectivity index (χ0) is 13.0. The molecule has 2 aromatic rings. The van der Waals surface area contributed by atoms with Gasteiger partial charge in [0.25, 0.3) is 0 Å². The monoisotopic (exact) mass is 264 g/mol. The second kappa shape index (κ2) is 5.64. The van der Waals surface area contributed by atoms with Gasteiger partial charge in [-0.2, -0.15) is 5.10 Å². The fraction of sp³-hybridized carbons (Fsp3) is 0.250. The summed E-state index contributed by atoms with van der Waals surface area (Å²) in [5, 5.41) is 7.05.